The van der Waals surface area contributed by atoms with Crippen molar-refractivity contribution in [3.8, 4) is 12.0 Å². The first-order valence-electron chi connectivity index (χ1n) is 9.20. The fourth-order valence-corrected chi connectivity index (χ4v) is 4.03. The minimum absolute atomic E-state index is 0.234. The fraction of sp³-hybridized carbons (Fsp3) is 0.304. The lowest BCUT2D eigenvalue weighted by atomic mass is 9.96. The molecular formula is C23H23FN2. The molecule has 0 bridgehead atoms. The van der Waals surface area contributed by atoms with Crippen LogP contribution in [0.3, 0.4) is 0 Å². The second-order valence-corrected chi connectivity index (χ2v) is 7.12. The molecule has 0 spiro atoms. The van der Waals surface area contributed by atoms with Gasteiger partial charge in [-0.1, -0.05) is 18.6 Å². The number of halogens is 1. The van der Waals surface area contributed by atoms with Crippen molar-refractivity contribution in [1.82, 2.24) is 9.47 Å². The zero-order chi connectivity index (χ0) is 18.3. The maximum absolute atomic E-state index is 13.2. The highest BCUT2D eigenvalue weighted by molar-refractivity contribution is 5.87. The summed E-state index contributed by atoms with van der Waals surface area (Å²) >= 11 is 0. The molecule has 0 saturated carbocycles. The predicted octanol–water partition coefficient (Wildman–Crippen LogP) is 4.89. The topological polar surface area (TPSA) is 8.17 Å². The minimum Gasteiger partial charge on any atom is -0.298 e. The van der Waals surface area contributed by atoms with E-state index in [1.165, 1.54) is 39.9 Å². The van der Waals surface area contributed by atoms with Gasteiger partial charge in [-0.2, -0.15) is 0 Å². The van der Waals surface area contributed by atoms with Crippen LogP contribution in [0, 0.1) is 24.7 Å². The Morgan fingerprint density at radius 1 is 1.15 bits per heavy atom. The molecule has 1 aliphatic heterocycles. The van der Waals surface area contributed by atoms with Crippen molar-refractivity contribution in [1.29, 1.82) is 0 Å². The number of aromatic nitrogens is 1. The Bertz CT molecular complexity index is 1020. The summed E-state index contributed by atoms with van der Waals surface area (Å²) in [6.45, 7) is 5.44. The molecule has 3 heteroatoms. The van der Waals surface area contributed by atoms with Crippen molar-refractivity contribution in [2.75, 3.05) is 13.6 Å². The zero-order valence-electron chi connectivity index (χ0n) is 15.5. The fourth-order valence-electron chi connectivity index (χ4n) is 4.03. The highest BCUT2D eigenvalue weighted by Gasteiger charge is 2.29. The van der Waals surface area contributed by atoms with Crippen molar-refractivity contribution >= 4 is 10.9 Å². The number of hydrogen-bond acceptors (Lipinski definition) is 1. The van der Waals surface area contributed by atoms with Gasteiger partial charge in [0.1, 0.15) is 5.82 Å². The third-order valence-electron chi connectivity index (χ3n) is 5.37. The zero-order valence-corrected chi connectivity index (χ0v) is 15.5. The van der Waals surface area contributed by atoms with Crippen molar-refractivity contribution < 1.29 is 4.39 Å². The first-order valence-corrected chi connectivity index (χ1v) is 9.20. The summed E-state index contributed by atoms with van der Waals surface area (Å²) in [5.41, 5.74) is 6.02. The third-order valence-corrected chi connectivity index (χ3v) is 5.37. The number of fused-ring (bicyclic) bond motifs is 3. The summed E-state index contributed by atoms with van der Waals surface area (Å²) in [6.07, 6.45) is 2.10. The summed E-state index contributed by atoms with van der Waals surface area (Å²) in [4.78, 5) is 2.42. The molecule has 26 heavy (non-hydrogen) atoms. The van der Waals surface area contributed by atoms with Crippen LogP contribution in [0.5, 0.6) is 0 Å². The third kappa shape index (κ3) is 2.81. The number of likely N-dealkylation sites (N-methyl/N-ethyl adjacent to an activating group) is 1. The van der Waals surface area contributed by atoms with E-state index in [9.17, 15) is 4.39 Å². The van der Waals surface area contributed by atoms with Crippen LogP contribution in [0.15, 0.2) is 42.5 Å². The molecule has 1 aromatic heterocycles. The molecule has 0 amide bonds. The van der Waals surface area contributed by atoms with E-state index < -0.39 is 0 Å². The monoisotopic (exact) mass is 346 g/mol. The average molecular weight is 346 g/mol. The summed E-state index contributed by atoms with van der Waals surface area (Å²) in [5, 5.41) is 1.32. The quantitative estimate of drug-likeness (QED) is 0.570. The van der Waals surface area contributed by atoms with Crippen LogP contribution in [-0.4, -0.2) is 23.1 Å². The van der Waals surface area contributed by atoms with Gasteiger partial charge in [0.05, 0.1) is 17.3 Å². The number of hydrogen-bond donors (Lipinski definition) is 0. The molecule has 132 valence electrons. The Morgan fingerprint density at radius 3 is 2.65 bits per heavy atom. The summed E-state index contributed by atoms with van der Waals surface area (Å²) in [7, 11) is 2.19. The highest BCUT2D eigenvalue weighted by atomic mass is 19.1. The second kappa shape index (κ2) is 6.63. The first-order chi connectivity index (χ1) is 12.6. The van der Waals surface area contributed by atoms with E-state index in [-0.39, 0.29) is 5.82 Å². The summed E-state index contributed by atoms with van der Waals surface area (Å²) in [5.74, 6) is 2.98. The molecule has 1 atom stereocenters. The van der Waals surface area contributed by atoms with Crippen LogP contribution in [0.1, 0.15) is 41.8 Å². The largest absolute Gasteiger partial charge is 0.298 e. The van der Waals surface area contributed by atoms with Crippen LogP contribution in [0.4, 0.5) is 4.39 Å². The molecule has 2 heterocycles. The molecule has 0 aliphatic carbocycles. The van der Waals surface area contributed by atoms with Crippen molar-refractivity contribution in [3.05, 3.63) is 70.7 Å². The van der Waals surface area contributed by atoms with E-state index in [2.05, 4.69) is 60.5 Å². The standard InChI is InChI=1S/C23H23FN2/c1-4-21-23-19(12-13-25(21)3)20-15-16(2)5-10-22(20)26(23)14-11-17-6-8-18(24)9-7-17/h5-10,15,21H,4,12-13H2,1-3H3. The molecule has 0 saturated heterocycles. The highest BCUT2D eigenvalue weighted by Crippen LogP contribution is 2.37. The van der Waals surface area contributed by atoms with E-state index in [4.69, 9.17) is 0 Å². The molecule has 2 nitrogen and oxygen atoms in total. The van der Waals surface area contributed by atoms with Gasteiger partial charge in [-0.15, -0.1) is 0 Å². The van der Waals surface area contributed by atoms with Gasteiger partial charge in [0, 0.05) is 23.5 Å². The van der Waals surface area contributed by atoms with Gasteiger partial charge in [-0.05, 0) is 74.7 Å². The summed E-state index contributed by atoms with van der Waals surface area (Å²) < 4.78 is 15.3. The first kappa shape index (κ1) is 16.9. The number of nitrogens with zero attached hydrogens (tertiary/aromatic N) is 2. The Kier molecular flexibility index (Phi) is 4.30. The van der Waals surface area contributed by atoms with Gasteiger partial charge in [-0.25, -0.2) is 4.39 Å². The van der Waals surface area contributed by atoms with Gasteiger partial charge in [0.2, 0.25) is 0 Å². The van der Waals surface area contributed by atoms with Crippen molar-refractivity contribution in [2.24, 2.45) is 0 Å². The lowest BCUT2D eigenvalue weighted by Crippen LogP contribution is -2.32. The van der Waals surface area contributed by atoms with E-state index in [1.807, 2.05) is 0 Å². The number of benzene rings is 2. The maximum Gasteiger partial charge on any atom is 0.123 e. The molecule has 0 radical (unpaired) electrons. The smallest absolute Gasteiger partial charge is 0.123 e. The van der Waals surface area contributed by atoms with Gasteiger partial charge in [0.25, 0.3) is 0 Å². The molecule has 1 aliphatic rings. The molecule has 4 rings (SSSR count). The normalized spacial score (nSPS) is 17.0. The van der Waals surface area contributed by atoms with Gasteiger partial charge < -0.3 is 0 Å². The van der Waals surface area contributed by atoms with Crippen LogP contribution < -0.4 is 0 Å². The molecule has 0 N–H and O–H groups in total. The second-order valence-electron chi connectivity index (χ2n) is 7.12. The molecule has 0 fully saturated rings. The van der Waals surface area contributed by atoms with E-state index in [0.717, 1.165) is 24.9 Å². The van der Waals surface area contributed by atoms with E-state index >= 15 is 0 Å². The van der Waals surface area contributed by atoms with Gasteiger partial charge in [0.15, 0.2) is 0 Å². The number of aryl methyl sites for hydroxylation is 1. The molecule has 1 unspecified atom stereocenters. The minimum atomic E-state index is -0.234. The average Bonchev–Trinajstić information content (AvgIpc) is 2.94. The van der Waals surface area contributed by atoms with Crippen LogP contribution in [0.25, 0.3) is 10.9 Å². The lowest BCUT2D eigenvalue weighted by molar-refractivity contribution is 0.219. The van der Waals surface area contributed by atoms with Crippen LogP contribution in [0.2, 0.25) is 0 Å². The summed E-state index contributed by atoms with van der Waals surface area (Å²) in [6, 6.07) is 16.7. The molecular weight excluding hydrogens is 323 g/mol. The Labute approximate surface area is 154 Å². The van der Waals surface area contributed by atoms with Crippen molar-refractivity contribution in [2.45, 2.75) is 32.7 Å². The Balaban J connectivity index is 1.93. The maximum atomic E-state index is 13.2. The van der Waals surface area contributed by atoms with E-state index in [0.29, 0.717) is 6.04 Å². The van der Waals surface area contributed by atoms with Crippen LogP contribution >= 0.6 is 0 Å². The SMILES string of the molecule is CCC1c2c(c3cc(C)ccc3n2C#Cc2ccc(F)cc2)CCN1C. The lowest BCUT2D eigenvalue weighted by Gasteiger charge is -2.32. The van der Waals surface area contributed by atoms with Gasteiger partial charge >= 0.3 is 0 Å². The number of rotatable bonds is 1. The van der Waals surface area contributed by atoms with Crippen LogP contribution in [-0.2, 0) is 6.42 Å². The Hall–Kier alpha value is -2.57. The van der Waals surface area contributed by atoms with Crippen molar-refractivity contribution in [3.63, 3.8) is 0 Å². The van der Waals surface area contributed by atoms with Gasteiger partial charge in [-0.3, -0.25) is 9.47 Å². The molecule has 2 aromatic carbocycles. The Morgan fingerprint density at radius 2 is 1.92 bits per heavy atom. The van der Waals surface area contributed by atoms with E-state index in [1.54, 1.807) is 12.1 Å². The predicted molar refractivity (Wildman–Crippen MR) is 105 cm³/mol. The molecule has 3 aromatic rings.